The van der Waals surface area contributed by atoms with E-state index in [1.807, 2.05) is 0 Å². The maximum atomic E-state index is 14.6. The highest BCUT2D eigenvalue weighted by molar-refractivity contribution is 8.00. The number of fused-ring (bicyclic) bond motifs is 2. The Balaban J connectivity index is 1.14. The van der Waals surface area contributed by atoms with Crippen LogP contribution in [-0.4, -0.2) is 59.8 Å². The van der Waals surface area contributed by atoms with Crippen molar-refractivity contribution in [3.05, 3.63) is 53.2 Å². The van der Waals surface area contributed by atoms with Crippen LogP contribution in [-0.2, 0) is 17.8 Å². The fraction of sp³-hybridized carbons (Fsp3) is 0.400. The number of benzene rings is 1. The third-order valence-electron chi connectivity index (χ3n) is 6.53. The number of amides is 1. The molecule has 1 fully saturated rings. The van der Waals surface area contributed by atoms with Crippen molar-refractivity contribution < 1.29 is 18.3 Å². The van der Waals surface area contributed by atoms with Crippen molar-refractivity contribution in [2.45, 2.75) is 24.3 Å². The van der Waals surface area contributed by atoms with E-state index < -0.39 is 0 Å². The first kappa shape index (κ1) is 23.9. The lowest BCUT2D eigenvalue weighted by molar-refractivity contribution is -0.113. The molecule has 2 aliphatic heterocycles. The summed E-state index contributed by atoms with van der Waals surface area (Å²) in [6.07, 6.45) is 2.82. The highest BCUT2D eigenvalue weighted by atomic mass is 32.2. The summed E-state index contributed by atoms with van der Waals surface area (Å²) in [6.45, 7) is 3.72. The molecule has 3 aromatic rings. The minimum absolute atomic E-state index is 0.0615. The zero-order chi connectivity index (χ0) is 24.4. The van der Waals surface area contributed by atoms with Gasteiger partial charge in [0.05, 0.1) is 35.8 Å². The fourth-order valence-corrected chi connectivity index (χ4v) is 5.49. The molecule has 0 unspecified atom stereocenters. The van der Waals surface area contributed by atoms with E-state index in [9.17, 15) is 13.6 Å². The molecule has 10 heteroatoms. The first-order chi connectivity index (χ1) is 17.0. The SMILES string of the molecule is COc1ccc2ncc(F)c(CCN3CC[C@H](CNCc4cc5c(cc4F)SCC(=O)N5)C3)c2n1. The minimum atomic E-state index is -0.350. The van der Waals surface area contributed by atoms with Crippen molar-refractivity contribution in [3.8, 4) is 5.88 Å². The lowest BCUT2D eigenvalue weighted by atomic mass is 10.1. The van der Waals surface area contributed by atoms with E-state index in [0.717, 1.165) is 37.5 Å². The smallest absolute Gasteiger partial charge is 0.234 e. The van der Waals surface area contributed by atoms with E-state index in [0.29, 0.717) is 58.4 Å². The number of carbonyl (C=O) groups excluding carboxylic acids is 1. The number of nitrogens with one attached hydrogen (secondary N) is 2. The average molecular weight is 500 g/mol. The lowest BCUT2D eigenvalue weighted by Crippen LogP contribution is -2.28. The number of methoxy groups -OCH3 is 1. The second-order valence-corrected chi connectivity index (χ2v) is 9.94. The van der Waals surface area contributed by atoms with Crippen LogP contribution >= 0.6 is 11.8 Å². The van der Waals surface area contributed by atoms with Crippen LogP contribution in [0.4, 0.5) is 14.5 Å². The summed E-state index contributed by atoms with van der Waals surface area (Å²) < 4.78 is 34.2. The number of likely N-dealkylation sites (tertiary alicyclic amines) is 1. The third kappa shape index (κ3) is 5.39. The molecular weight excluding hydrogens is 472 g/mol. The molecule has 0 saturated carbocycles. The molecule has 7 nitrogen and oxygen atoms in total. The number of carbonyl (C=O) groups is 1. The lowest BCUT2D eigenvalue weighted by Gasteiger charge is -2.19. The molecule has 2 N–H and O–H groups in total. The molecule has 4 heterocycles. The standard InChI is InChI=1S/C25H27F2N5O2S/c1-34-24-3-2-20-25(31-24)17(19(27)12-29-20)5-7-32-6-4-15(13-32)10-28-11-16-8-21-22(9-18(16)26)35-14-23(33)30-21/h2-3,8-9,12,15,28H,4-7,10-11,13-14H2,1H3,(H,30,33)/t15-/m1/s1. The summed E-state index contributed by atoms with van der Waals surface area (Å²) in [6, 6.07) is 6.74. The van der Waals surface area contributed by atoms with Gasteiger partial charge in [0.1, 0.15) is 11.6 Å². The number of anilines is 1. The highest BCUT2D eigenvalue weighted by Gasteiger charge is 2.23. The number of nitrogens with zero attached hydrogens (tertiary/aromatic N) is 3. The van der Waals surface area contributed by atoms with E-state index in [2.05, 4.69) is 25.5 Å². The van der Waals surface area contributed by atoms with Gasteiger partial charge in [-0.05, 0) is 50.0 Å². The maximum absolute atomic E-state index is 14.6. The van der Waals surface area contributed by atoms with Crippen molar-refractivity contribution in [3.63, 3.8) is 0 Å². The van der Waals surface area contributed by atoms with Gasteiger partial charge >= 0.3 is 0 Å². The third-order valence-corrected chi connectivity index (χ3v) is 7.58. The van der Waals surface area contributed by atoms with Crippen molar-refractivity contribution in [1.29, 1.82) is 0 Å². The van der Waals surface area contributed by atoms with E-state index in [-0.39, 0.29) is 17.5 Å². The van der Waals surface area contributed by atoms with E-state index in [1.54, 1.807) is 18.2 Å². The summed E-state index contributed by atoms with van der Waals surface area (Å²) >= 11 is 1.36. The Morgan fingerprint density at radius 3 is 3.03 bits per heavy atom. The summed E-state index contributed by atoms with van der Waals surface area (Å²) in [5.41, 5.74) is 2.98. The molecule has 5 rings (SSSR count). The molecule has 0 radical (unpaired) electrons. The van der Waals surface area contributed by atoms with Gasteiger partial charge in [-0.2, -0.15) is 0 Å². The normalized spacial score (nSPS) is 18.0. The molecule has 0 spiro atoms. The monoisotopic (exact) mass is 499 g/mol. The van der Waals surface area contributed by atoms with Gasteiger partial charge in [0.2, 0.25) is 11.8 Å². The van der Waals surface area contributed by atoms with Gasteiger partial charge in [0, 0.05) is 41.7 Å². The number of hydrogen-bond donors (Lipinski definition) is 2. The van der Waals surface area contributed by atoms with Crippen molar-refractivity contribution >= 4 is 34.4 Å². The molecule has 0 aliphatic carbocycles. The van der Waals surface area contributed by atoms with Crippen LogP contribution in [0.5, 0.6) is 5.88 Å². The van der Waals surface area contributed by atoms with Crippen LogP contribution in [0.15, 0.2) is 35.4 Å². The van der Waals surface area contributed by atoms with E-state index in [1.165, 1.54) is 31.1 Å². The van der Waals surface area contributed by atoms with Crippen LogP contribution in [0.1, 0.15) is 17.5 Å². The molecule has 35 heavy (non-hydrogen) atoms. The summed E-state index contributed by atoms with van der Waals surface area (Å²) in [5, 5.41) is 6.18. The molecule has 1 atom stereocenters. The summed E-state index contributed by atoms with van der Waals surface area (Å²) in [7, 11) is 1.54. The maximum Gasteiger partial charge on any atom is 0.234 e. The topological polar surface area (TPSA) is 79.4 Å². The second-order valence-electron chi connectivity index (χ2n) is 8.92. The van der Waals surface area contributed by atoms with Crippen LogP contribution in [0.3, 0.4) is 0 Å². The Bertz CT molecular complexity index is 1260. The van der Waals surface area contributed by atoms with Gasteiger partial charge in [-0.25, -0.2) is 13.8 Å². The van der Waals surface area contributed by atoms with Crippen molar-refractivity contribution in [1.82, 2.24) is 20.2 Å². The number of rotatable bonds is 8. The Hall–Kier alpha value is -2.82. The highest BCUT2D eigenvalue weighted by Crippen LogP contribution is 2.33. The molecule has 1 amide bonds. The first-order valence-electron chi connectivity index (χ1n) is 11.7. The van der Waals surface area contributed by atoms with Crippen LogP contribution < -0.4 is 15.4 Å². The van der Waals surface area contributed by atoms with Gasteiger partial charge in [-0.3, -0.25) is 9.78 Å². The van der Waals surface area contributed by atoms with Crippen LogP contribution in [0.25, 0.3) is 11.0 Å². The van der Waals surface area contributed by atoms with Gasteiger partial charge in [-0.15, -0.1) is 11.8 Å². The first-order valence-corrected chi connectivity index (χ1v) is 12.6. The fourth-order valence-electron chi connectivity index (χ4n) is 4.67. The Morgan fingerprint density at radius 2 is 2.17 bits per heavy atom. The minimum Gasteiger partial charge on any atom is -0.481 e. The molecule has 0 bridgehead atoms. The van der Waals surface area contributed by atoms with E-state index in [4.69, 9.17) is 4.74 Å². The van der Waals surface area contributed by atoms with Crippen molar-refractivity contribution in [2.75, 3.05) is 44.4 Å². The molecule has 1 aromatic carbocycles. The average Bonchev–Trinajstić information content (AvgIpc) is 3.31. The zero-order valence-corrected chi connectivity index (χ0v) is 20.3. The van der Waals surface area contributed by atoms with Crippen LogP contribution in [0.2, 0.25) is 0 Å². The number of ether oxygens (including phenoxy) is 1. The number of halogens is 2. The van der Waals surface area contributed by atoms with Gasteiger partial charge in [0.25, 0.3) is 0 Å². The predicted octanol–water partition coefficient (Wildman–Crippen LogP) is 3.62. The van der Waals surface area contributed by atoms with E-state index >= 15 is 0 Å². The number of thioether (sulfide) groups is 1. The number of pyridine rings is 2. The molecule has 2 aliphatic rings. The zero-order valence-electron chi connectivity index (χ0n) is 19.4. The Labute approximate surface area is 206 Å². The molecular formula is C25H27F2N5O2S. The van der Waals surface area contributed by atoms with Gasteiger partial charge in [0.15, 0.2) is 0 Å². The summed E-state index contributed by atoms with van der Waals surface area (Å²) in [4.78, 5) is 23.3. The Kier molecular flexibility index (Phi) is 7.12. The largest absolute Gasteiger partial charge is 0.481 e. The number of hydrogen-bond acceptors (Lipinski definition) is 7. The summed E-state index contributed by atoms with van der Waals surface area (Å²) in [5.74, 6) is 0.519. The molecule has 184 valence electrons. The number of aromatic nitrogens is 2. The second kappa shape index (κ2) is 10.4. The van der Waals surface area contributed by atoms with Gasteiger partial charge in [-0.1, -0.05) is 0 Å². The molecule has 2 aromatic heterocycles. The quantitative estimate of drug-likeness (QED) is 0.490. The predicted molar refractivity (Wildman–Crippen MR) is 132 cm³/mol. The molecule has 1 saturated heterocycles. The van der Waals surface area contributed by atoms with Crippen molar-refractivity contribution in [2.24, 2.45) is 5.92 Å². The Morgan fingerprint density at radius 1 is 1.29 bits per heavy atom. The van der Waals surface area contributed by atoms with Gasteiger partial charge < -0.3 is 20.3 Å². The van der Waals surface area contributed by atoms with Crippen LogP contribution in [0, 0.1) is 17.6 Å².